The molecule has 0 bridgehead atoms. The van der Waals surface area contributed by atoms with Crippen molar-refractivity contribution in [2.45, 2.75) is 25.7 Å². The van der Waals surface area contributed by atoms with Crippen LogP contribution in [0.3, 0.4) is 0 Å². The molecule has 0 spiro atoms. The number of likely N-dealkylation sites (tertiary alicyclic amines) is 1. The highest BCUT2D eigenvalue weighted by Crippen LogP contribution is 2.28. The number of nitrogens with one attached hydrogen (secondary N) is 1. The Labute approximate surface area is 116 Å². The Hall–Kier alpha value is -0.320. The molecule has 106 valence electrons. The lowest BCUT2D eigenvalue weighted by atomic mass is 9.84. The molecule has 0 radical (unpaired) electrons. The first-order valence-corrected chi connectivity index (χ1v) is 6.78. The van der Waals surface area contributed by atoms with Crippen molar-refractivity contribution in [3.05, 3.63) is 0 Å². The summed E-state index contributed by atoms with van der Waals surface area (Å²) < 4.78 is 4.95. The Bertz CT molecular complexity index is 249. The van der Waals surface area contributed by atoms with Gasteiger partial charge >= 0.3 is 0 Å². The highest BCUT2D eigenvalue weighted by atomic mass is 35.5. The van der Waals surface area contributed by atoms with E-state index in [1.165, 1.54) is 32.4 Å². The number of hydrogen-bond acceptors (Lipinski definition) is 3. The summed E-state index contributed by atoms with van der Waals surface area (Å²) in [5.74, 6) is 1.94. The van der Waals surface area contributed by atoms with Gasteiger partial charge in [-0.2, -0.15) is 0 Å². The van der Waals surface area contributed by atoms with Crippen molar-refractivity contribution in [2.75, 3.05) is 39.9 Å². The third-order valence-corrected chi connectivity index (χ3v) is 4.18. The van der Waals surface area contributed by atoms with Crippen molar-refractivity contribution in [2.24, 2.45) is 11.8 Å². The average molecular weight is 277 g/mol. The minimum atomic E-state index is 0. The average Bonchev–Trinajstić information content (AvgIpc) is 2.90. The molecule has 0 aromatic rings. The Kier molecular flexibility index (Phi) is 6.97. The molecule has 0 saturated carbocycles. The monoisotopic (exact) mass is 276 g/mol. The molecule has 1 N–H and O–H groups in total. The fourth-order valence-electron chi connectivity index (χ4n) is 3.05. The van der Waals surface area contributed by atoms with Crippen LogP contribution in [0.5, 0.6) is 0 Å². The van der Waals surface area contributed by atoms with Gasteiger partial charge in [-0.05, 0) is 44.2 Å². The molecule has 0 aliphatic carbocycles. The van der Waals surface area contributed by atoms with Crippen LogP contribution in [0.15, 0.2) is 0 Å². The van der Waals surface area contributed by atoms with Gasteiger partial charge in [0.2, 0.25) is 5.91 Å². The highest BCUT2D eigenvalue weighted by Gasteiger charge is 2.29. The fraction of sp³-hybridized carbons (Fsp3) is 0.923. The second-order valence-corrected chi connectivity index (χ2v) is 5.21. The maximum atomic E-state index is 11.8. The van der Waals surface area contributed by atoms with Crippen LogP contribution in [0.1, 0.15) is 25.7 Å². The molecule has 1 unspecified atom stereocenters. The fourth-order valence-corrected chi connectivity index (χ4v) is 3.05. The maximum absolute atomic E-state index is 11.8. The zero-order chi connectivity index (χ0) is 12.1. The van der Waals surface area contributed by atoms with Gasteiger partial charge in [0.15, 0.2) is 0 Å². The molecule has 2 fully saturated rings. The number of halogens is 1. The lowest BCUT2D eigenvalue weighted by Gasteiger charge is -2.34. The predicted molar refractivity (Wildman–Crippen MR) is 74.0 cm³/mol. The molecular formula is C13H25ClN2O2. The second-order valence-electron chi connectivity index (χ2n) is 5.21. The van der Waals surface area contributed by atoms with Gasteiger partial charge in [0.25, 0.3) is 0 Å². The quantitative estimate of drug-likeness (QED) is 0.841. The molecule has 2 aliphatic heterocycles. The Morgan fingerprint density at radius 3 is 2.56 bits per heavy atom. The number of hydrogen-bond donors (Lipinski definition) is 1. The number of carbonyl (C=O) groups is 1. The number of piperidine rings is 1. The van der Waals surface area contributed by atoms with Crippen molar-refractivity contribution < 1.29 is 9.53 Å². The maximum Gasteiger partial charge on any atom is 0.224 e. The third-order valence-electron chi connectivity index (χ3n) is 4.18. The molecule has 5 heteroatoms. The number of rotatable bonds is 4. The smallest absolute Gasteiger partial charge is 0.224 e. The number of methoxy groups -OCH3 is 1. The molecule has 2 aliphatic rings. The predicted octanol–water partition coefficient (Wildman–Crippen LogP) is 1.29. The molecule has 2 heterocycles. The molecule has 18 heavy (non-hydrogen) atoms. The topological polar surface area (TPSA) is 41.6 Å². The van der Waals surface area contributed by atoms with Gasteiger partial charge in [-0.1, -0.05) is 0 Å². The van der Waals surface area contributed by atoms with E-state index in [1.54, 1.807) is 7.11 Å². The SMILES string of the molecule is COCCC(=O)N1CCC(C2CCNC2)CC1.Cl. The third kappa shape index (κ3) is 4.11. The summed E-state index contributed by atoms with van der Waals surface area (Å²) in [6.45, 7) is 4.80. The summed E-state index contributed by atoms with van der Waals surface area (Å²) in [6.07, 6.45) is 4.23. The standard InChI is InChI=1S/C13H24N2O2.ClH/c1-17-9-5-13(16)15-7-3-11(4-8-15)12-2-6-14-10-12;/h11-12,14H,2-10H2,1H3;1H. The van der Waals surface area contributed by atoms with E-state index in [0.29, 0.717) is 13.0 Å². The van der Waals surface area contributed by atoms with E-state index in [4.69, 9.17) is 4.74 Å². The molecule has 2 rings (SSSR count). The van der Waals surface area contributed by atoms with Crippen molar-refractivity contribution in [1.29, 1.82) is 0 Å². The van der Waals surface area contributed by atoms with E-state index in [1.807, 2.05) is 4.90 Å². The number of ether oxygens (including phenoxy) is 1. The zero-order valence-corrected chi connectivity index (χ0v) is 12.0. The summed E-state index contributed by atoms with van der Waals surface area (Å²) in [7, 11) is 1.65. The number of nitrogens with zero attached hydrogens (tertiary/aromatic N) is 1. The van der Waals surface area contributed by atoms with E-state index in [-0.39, 0.29) is 18.3 Å². The Balaban J connectivity index is 0.00000162. The van der Waals surface area contributed by atoms with E-state index >= 15 is 0 Å². The van der Waals surface area contributed by atoms with Crippen molar-refractivity contribution in [1.82, 2.24) is 10.2 Å². The lowest BCUT2D eigenvalue weighted by molar-refractivity contribution is -0.133. The molecule has 1 atom stereocenters. The van der Waals surface area contributed by atoms with E-state index in [2.05, 4.69) is 5.32 Å². The lowest BCUT2D eigenvalue weighted by Crippen LogP contribution is -2.40. The summed E-state index contributed by atoms with van der Waals surface area (Å²) in [4.78, 5) is 13.8. The highest BCUT2D eigenvalue weighted by molar-refractivity contribution is 5.85. The second kappa shape index (κ2) is 7.97. The van der Waals surface area contributed by atoms with E-state index in [0.717, 1.165) is 24.9 Å². The van der Waals surface area contributed by atoms with Gasteiger partial charge in [-0.3, -0.25) is 4.79 Å². The molecule has 0 aromatic heterocycles. The molecule has 0 aromatic carbocycles. The van der Waals surface area contributed by atoms with Crippen LogP contribution in [0.4, 0.5) is 0 Å². The first-order chi connectivity index (χ1) is 8.31. The summed E-state index contributed by atoms with van der Waals surface area (Å²) in [6, 6.07) is 0. The van der Waals surface area contributed by atoms with Gasteiger partial charge in [0.1, 0.15) is 0 Å². The Morgan fingerprint density at radius 1 is 1.28 bits per heavy atom. The summed E-state index contributed by atoms with van der Waals surface area (Å²) in [5, 5.41) is 3.43. The van der Waals surface area contributed by atoms with E-state index < -0.39 is 0 Å². The first-order valence-electron chi connectivity index (χ1n) is 6.78. The van der Waals surface area contributed by atoms with Crippen molar-refractivity contribution in [3.8, 4) is 0 Å². The van der Waals surface area contributed by atoms with Gasteiger partial charge in [0.05, 0.1) is 13.0 Å². The summed E-state index contributed by atoms with van der Waals surface area (Å²) >= 11 is 0. The van der Waals surface area contributed by atoms with Crippen molar-refractivity contribution in [3.63, 3.8) is 0 Å². The zero-order valence-electron chi connectivity index (χ0n) is 11.2. The van der Waals surface area contributed by atoms with E-state index in [9.17, 15) is 4.79 Å². The van der Waals surface area contributed by atoms with Crippen LogP contribution >= 0.6 is 12.4 Å². The first kappa shape index (κ1) is 15.7. The molecular weight excluding hydrogens is 252 g/mol. The van der Waals surface area contributed by atoms with Gasteiger partial charge in [-0.25, -0.2) is 0 Å². The minimum Gasteiger partial charge on any atom is -0.384 e. The van der Waals surface area contributed by atoms with Crippen LogP contribution in [0.25, 0.3) is 0 Å². The minimum absolute atomic E-state index is 0. The van der Waals surface area contributed by atoms with Gasteiger partial charge in [-0.15, -0.1) is 12.4 Å². The van der Waals surface area contributed by atoms with Crippen LogP contribution in [0.2, 0.25) is 0 Å². The van der Waals surface area contributed by atoms with Crippen LogP contribution in [-0.4, -0.2) is 50.7 Å². The summed E-state index contributed by atoms with van der Waals surface area (Å²) in [5.41, 5.74) is 0. The van der Waals surface area contributed by atoms with Crippen LogP contribution < -0.4 is 5.32 Å². The number of carbonyl (C=O) groups excluding carboxylic acids is 1. The molecule has 2 saturated heterocycles. The molecule has 4 nitrogen and oxygen atoms in total. The van der Waals surface area contributed by atoms with Crippen LogP contribution in [-0.2, 0) is 9.53 Å². The van der Waals surface area contributed by atoms with Gasteiger partial charge < -0.3 is 15.0 Å². The Morgan fingerprint density at radius 2 is 2.00 bits per heavy atom. The van der Waals surface area contributed by atoms with Crippen LogP contribution in [0, 0.1) is 11.8 Å². The van der Waals surface area contributed by atoms with Crippen molar-refractivity contribution >= 4 is 18.3 Å². The normalized spacial score (nSPS) is 24.9. The van der Waals surface area contributed by atoms with Gasteiger partial charge in [0, 0.05) is 20.2 Å². The largest absolute Gasteiger partial charge is 0.384 e. The number of amides is 1. The molecule has 1 amide bonds.